The van der Waals surface area contributed by atoms with E-state index in [0.717, 1.165) is 12.8 Å². The number of fused-ring (bicyclic) bond motifs is 2. The van der Waals surface area contributed by atoms with Gasteiger partial charge in [-0.15, -0.1) is 0 Å². The first kappa shape index (κ1) is 15.0. The van der Waals surface area contributed by atoms with Crippen LogP contribution in [0.15, 0.2) is 24.3 Å². The van der Waals surface area contributed by atoms with Crippen LogP contribution in [-0.2, 0) is 9.53 Å². The van der Waals surface area contributed by atoms with Gasteiger partial charge >= 0.3 is 11.9 Å². The van der Waals surface area contributed by atoms with Gasteiger partial charge in [0.2, 0.25) is 0 Å². The molecule has 2 fully saturated rings. The lowest BCUT2D eigenvalue weighted by Gasteiger charge is -2.39. The molecule has 0 radical (unpaired) electrons. The van der Waals surface area contributed by atoms with Crippen LogP contribution < -0.4 is 5.73 Å². The van der Waals surface area contributed by atoms with E-state index in [2.05, 4.69) is 4.90 Å². The standard InChI is InChI=1S/C16H20N2O4/c1-18-9-6-7-12(18)14(13(19)8-9)16(21)22-15(20)10-4-2-3-5-11(10)17/h2-5,9,12-14,19H,6-8,17H2,1H3/t9-,12+,13-,14+/m0/s1. The third kappa shape index (κ3) is 2.48. The number of esters is 2. The summed E-state index contributed by atoms with van der Waals surface area (Å²) >= 11 is 0. The lowest BCUT2D eigenvalue weighted by atomic mass is 9.88. The van der Waals surface area contributed by atoms with Gasteiger partial charge in [0.15, 0.2) is 0 Å². The number of carbonyl (C=O) groups is 2. The maximum Gasteiger partial charge on any atom is 0.347 e. The molecule has 2 saturated heterocycles. The monoisotopic (exact) mass is 304 g/mol. The van der Waals surface area contributed by atoms with E-state index in [1.165, 1.54) is 6.07 Å². The molecule has 1 aromatic carbocycles. The number of rotatable bonds is 2. The average Bonchev–Trinajstić information content (AvgIpc) is 2.71. The summed E-state index contributed by atoms with van der Waals surface area (Å²) in [6, 6.07) is 6.69. The summed E-state index contributed by atoms with van der Waals surface area (Å²) in [6.45, 7) is 0. The predicted octanol–water partition coefficient (Wildman–Crippen LogP) is 0.796. The molecule has 3 rings (SSSR count). The first-order valence-electron chi connectivity index (χ1n) is 7.49. The molecule has 0 saturated carbocycles. The van der Waals surface area contributed by atoms with E-state index in [9.17, 15) is 14.7 Å². The lowest BCUT2D eigenvalue weighted by molar-refractivity contribution is -0.152. The second-order valence-corrected chi connectivity index (χ2v) is 6.09. The van der Waals surface area contributed by atoms with E-state index in [1.807, 2.05) is 7.05 Å². The number of nitrogen functional groups attached to an aromatic ring is 1. The number of benzene rings is 1. The number of anilines is 1. The molecule has 4 atom stereocenters. The van der Waals surface area contributed by atoms with Crippen LogP contribution in [0.2, 0.25) is 0 Å². The molecule has 3 N–H and O–H groups in total. The average molecular weight is 304 g/mol. The first-order chi connectivity index (χ1) is 10.5. The van der Waals surface area contributed by atoms with Gasteiger partial charge in [0.25, 0.3) is 0 Å². The molecule has 6 heteroatoms. The number of ether oxygens (including phenoxy) is 1. The zero-order valence-corrected chi connectivity index (χ0v) is 12.4. The lowest BCUT2D eigenvalue weighted by Crippen LogP contribution is -2.52. The van der Waals surface area contributed by atoms with Crippen molar-refractivity contribution in [3.8, 4) is 0 Å². The Morgan fingerprint density at radius 2 is 2.05 bits per heavy atom. The second kappa shape index (κ2) is 5.70. The predicted molar refractivity (Wildman–Crippen MR) is 80.0 cm³/mol. The zero-order valence-electron chi connectivity index (χ0n) is 12.4. The molecule has 0 aromatic heterocycles. The minimum Gasteiger partial charge on any atom is -0.398 e. The largest absolute Gasteiger partial charge is 0.398 e. The van der Waals surface area contributed by atoms with Gasteiger partial charge in [-0.1, -0.05) is 12.1 Å². The van der Waals surface area contributed by atoms with Crippen LogP contribution in [0.25, 0.3) is 0 Å². The number of hydrogen-bond acceptors (Lipinski definition) is 6. The first-order valence-corrected chi connectivity index (χ1v) is 7.49. The third-order valence-electron chi connectivity index (χ3n) is 4.88. The molecule has 2 heterocycles. The summed E-state index contributed by atoms with van der Waals surface area (Å²) in [5.74, 6) is -2.12. The molecule has 0 spiro atoms. The Morgan fingerprint density at radius 3 is 2.77 bits per heavy atom. The van der Waals surface area contributed by atoms with Crippen molar-refractivity contribution >= 4 is 17.6 Å². The summed E-state index contributed by atoms with van der Waals surface area (Å²) in [5, 5.41) is 10.2. The van der Waals surface area contributed by atoms with E-state index in [0.29, 0.717) is 12.5 Å². The van der Waals surface area contributed by atoms with Gasteiger partial charge in [-0.25, -0.2) is 4.79 Å². The summed E-state index contributed by atoms with van der Waals surface area (Å²) < 4.78 is 4.98. The highest BCUT2D eigenvalue weighted by Gasteiger charge is 2.49. The molecule has 6 nitrogen and oxygen atoms in total. The maximum atomic E-state index is 12.4. The molecule has 0 unspecified atom stereocenters. The highest BCUT2D eigenvalue weighted by molar-refractivity contribution is 6.01. The minimum absolute atomic E-state index is 0.0674. The molecule has 0 amide bonds. The Balaban J connectivity index is 1.74. The van der Waals surface area contributed by atoms with Gasteiger partial charge in [-0.05, 0) is 38.4 Å². The number of nitrogens with zero attached hydrogens (tertiary/aromatic N) is 1. The quantitative estimate of drug-likeness (QED) is 0.477. The van der Waals surface area contributed by atoms with Crippen molar-refractivity contribution in [2.75, 3.05) is 12.8 Å². The zero-order chi connectivity index (χ0) is 15.9. The van der Waals surface area contributed by atoms with E-state index < -0.39 is 24.0 Å². The molecule has 0 aliphatic carbocycles. The summed E-state index contributed by atoms with van der Waals surface area (Å²) in [5.41, 5.74) is 6.15. The normalized spacial score (nSPS) is 31.0. The SMILES string of the molecule is CN1[C@H]2CC[C@@H]1[C@@H](C(=O)OC(=O)c1ccccc1N)[C@@H](O)C2. The van der Waals surface area contributed by atoms with Crippen LogP contribution in [0.5, 0.6) is 0 Å². The van der Waals surface area contributed by atoms with Crippen LogP contribution in [0.3, 0.4) is 0 Å². The van der Waals surface area contributed by atoms with Crippen molar-refractivity contribution in [3.63, 3.8) is 0 Å². The Labute approximate surface area is 128 Å². The van der Waals surface area contributed by atoms with Crippen molar-refractivity contribution in [2.24, 2.45) is 5.92 Å². The van der Waals surface area contributed by atoms with Crippen LogP contribution >= 0.6 is 0 Å². The molecule has 2 aliphatic heterocycles. The number of carbonyl (C=O) groups excluding carboxylic acids is 2. The van der Waals surface area contributed by atoms with Crippen LogP contribution in [0, 0.1) is 5.92 Å². The Hall–Kier alpha value is -1.92. The van der Waals surface area contributed by atoms with Gasteiger partial charge in [-0.2, -0.15) is 0 Å². The molecular weight excluding hydrogens is 284 g/mol. The van der Waals surface area contributed by atoms with Crippen LogP contribution in [-0.4, -0.2) is 47.2 Å². The Bertz CT molecular complexity index is 604. The van der Waals surface area contributed by atoms with E-state index in [1.54, 1.807) is 18.2 Å². The Kier molecular flexibility index (Phi) is 3.88. The molecule has 118 valence electrons. The molecule has 2 aliphatic rings. The summed E-state index contributed by atoms with van der Waals surface area (Å²) in [6.07, 6.45) is 1.57. The molecular formula is C16H20N2O4. The summed E-state index contributed by atoms with van der Waals surface area (Å²) in [4.78, 5) is 26.6. The van der Waals surface area contributed by atoms with Crippen LogP contribution in [0.4, 0.5) is 5.69 Å². The molecule has 2 bridgehead atoms. The fraction of sp³-hybridized carbons (Fsp3) is 0.500. The van der Waals surface area contributed by atoms with Gasteiger partial charge in [-0.3, -0.25) is 9.69 Å². The third-order valence-corrected chi connectivity index (χ3v) is 4.88. The number of hydrogen-bond donors (Lipinski definition) is 2. The fourth-order valence-electron chi connectivity index (χ4n) is 3.65. The van der Waals surface area contributed by atoms with Gasteiger partial charge in [0.1, 0.15) is 0 Å². The maximum absolute atomic E-state index is 12.4. The highest BCUT2D eigenvalue weighted by atomic mass is 16.6. The highest BCUT2D eigenvalue weighted by Crippen LogP contribution is 2.38. The van der Waals surface area contributed by atoms with Gasteiger partial charge < -0.3 is 15.6 Å². The summed E-state index contributed by atoms with van der Waals surface area (Å²) in [7, 11) is 1.95. The second-order valence-electron chi connectivity index (χ2n) is 6.09. The van der Waals surface area contributed by atoms with Gasteiger partial charge in [0, 0.05) is 17.8 Å². The number of aliphatic hydroxyl groups excluding tert-OH is 1. The van der Waals surface area contributed by atoms with Gasteiger partial charge in [0.05, 0.1) is 17.6 Å². The molecule has 1 aromatic rings. The topological polar surface area (TPSA) is 92.9 Å². The number of para-hydroxylation sites is 1. The number of nitrogens with two attached hydrogens (primary N) is 1. The fourth-order valence-corrected chi connectivity index (χ4v) is 3.65. The van der Waals surface area contributed by atoms with Crippen molar-refractivity contribution in [1.29, 1.82) is 0 Å². The molecule has 22 heavy (non-hydrogen) atoms. The minimum atomic E-state index is -0.766. The van der Waals surface area contributed by atoms with E-state index in [-0.39, 0.29) is 17.3 Å². The van der Waals surface area contributed by atoms with E-state index >= 15 is 0 Å². The van der Waals surface area contributed by atoms with E-state index in [4.69, 9.17) is 10.5 Å². The van der Waals surface area contributed by atoms with Crippen molar-refractivity contribution < 1.29 is 19.4 Å². The van der Waals surface area contributed by atoms with Crippen molar-refractivity contribution in [1.82, 2.24) is 4.90 Å². The number of piperidine rings is 1. The van der Waals surface area contributed by atoms with Crippen LogP contribution in [0.1, 0.15) is 29.6 Å². The van der Waals surface area contributed by atoms with Crippen molar-refractivity contribution in [3.05, 3.63) is 29.8 Å². The van der Waals surface area contributed by atoms with Crippen molar-refractivity contribution in [2.45, 2.75) is 37.5 Å². The number of aliphatic hydroxyl groups is 1. The smallest absolute Gasteiger partial charge is 0.347 e. The Morgan fingerprint density at radius 1 is 1.32 bits per heavy atom.